The van der Waals surface area contributed by atoms with Gasteiger partial charge in [-0.3, -0.25) is 14.4 Å². The summed E-state index contributed by atoms with van der Waals surface area (Å²) in [4.78, 5) is 36.6. The molecule has 0 aromatic heterocycles. The van der Waals surface area contributed by atoms with Crippen LogP contribution in [0.2, 0.25) is 0 Å². The maximum atomic E-state index is 12.4. The van der Waals surface area contributed by atoms with Gasteiger partial charge in [0.25, 0.3) is 11.8 Å². The Hall–Kier alpha value is -3.19. The van der Waals surface area contributed by atoms with E-state index in [4.69, 9.17) is 0 Å². The van der Waals surface area contributed by atoms with Gasteiger partial charge < -0.3 is 20.9 Å². The van der Waals surface area contributed by atoms with E-state index in [1.165, 1.54) is 6.92 Å². The largest absolute Gasteiger partial charge is 0.345 e. The van der Waals surface area contributed by atoms with Crippen molar-refractivity contribution in [3.63, 3.8) is 0 Å². The molecule has 154 valence electrons. The lowest BCUT2D eigenvalue weighted by atomic mass is 10.1. The third-order valence-electron chi connectivity index (χ3n) is 4.49. The van der Waals surface area contributed by atoms with Gasteiger partial charge in [0.15, 0.2) is 13.1 Å². The molecule has 2 atom stereocenters. The lowest BCUT2D eigenvalue weighted by Gasteiger charge is -2.19. The first kappa shape index (κ1) is 22.1. The Labute approximate surface area is 171 Å². The second-order valence-electron chi connectivity index (χ2n) is 6.96. The predicted octanol–water partition coefficient (Wildman–Crippen LogP) is 1.37. The summed E-state index contributed by atoms with van der Waals surface area (Å²) in [6.07, 6.45) is 0. The maximum Gasteiger partial charge on any atom is 0.279 e. The van der Waals surface area contributed by atoms with Crippen LogP contribution in [0.4, 0.5) is 11.4 Å². The highest BCUT2D eigenvalue weighted by Crippen LogP contribution is 2.13. The molecule has 2 aromatic rings. The molecule has 2 aromatic carbocycles. The molecule has 0 aliphatic rings. The van der Waals surface area contributed by atoms with Crippen LogP contribution in [0, 0.1) is 0 Å². The van der Waals surface area contributed by atoms with Gasteiger partial charge in [-0.05, 0) is 43.7 Å². The van der Waals surface area contributed by atoms with Gasteiger partial charge in [0, 0.05) is 18.3 Å². The number of anilines is 2. The highest BCUT2D eigenvalue weighted by Gasteiger charge is 2.18. The van der Waals surface area contributed by atoms with E-state index in [1.807, 2.05) is 44.2 Å². The van der Waals surface area contributed by atoms with E-state index >= 15 is 0 Å². The molecule has 0 aliphatic heterocycles. The van der Waals surface area contributed by atoms with Crippen molar-refractivity contribution < 1.29 is 19.3 Å². The molecule has 0 radical (unpaired) electrons. The molecule has 1 unspecified atom stereocenters. The summed E-state index contributed by atoms with van der Waals surface area (Å²) in [6, 6.07) is 16.6. The average molecular weight is 397 g/mol. The molecule has 29 heavy (non-hydrogen) atoms. The summed E-state index contributed by atoms with van der Waals surface area (Å²) in [6.45, 7) is 6.39. The molecule has 4 N–H and O–H groups in total. The quantitative estimate of drug-likeness (QED) is 0.515. The van der Waals surface area contributed by atoms with Gasteiger partial charge in [-0.2, -0.15) is 0 Å². The van der Waals surface area contributed by atoms with Crippen LogP contribution in [0.25, 0.3) is 0 Å². The summed E-state index contributed by atoms with van der Waals surface area (Å²) in [5.41, 5.74) is 2.35. The Morgan fingerprint density at radius 2 is 1.41 bits per heavy atom. The van der Waals surface area contributed by atoms with Crippen LogP contribution < -0.4 is 20.9 Å². The van der Waals surface area contributed by atoms with Crippen LogP contribution in [0.15, 0.2) is 54.6 Å². The molecule has 0 bridgehead atoms. The summed E-state index contributed by atoms with van der Waals surface area (Å²) < 4.78 is 0. The molecule has 3 amide bonds. The molecule has 0 aliphatic carbocycles. The van der Waals surface area contributed by atoms with E-state index in [2.05, 4.69) is 16.0 Å². The Bertz CT molecular complexity index is 822. The zero-order valence-electron chi connectivity index (χ0n) is 17.1. The van der Waals surface area contributed by atoms with Crippen molar-refractivity contribution in [2.45, 2.75) is 26.8 Å². The van der Waals surface area contributed by atoms with Crippen LogP contribution in [0.1, 0.15) is 32.4 Å². The van der Waals surface area contributed by atoms with Gasteiger partial charge in [-0.1, -0.05) is 30.3 Å². The molecule has 0 heterocycles. The van der Waals surface area contributed by atoms with Crippen LogP contribution in [0.3, 0.4) is 0 Å². The number of benzene rings is 2. The minimum Gasteiger partial charge on any atom is -0.345 e. The fourth-order valence-electron chi connectivity index (χ4n) is 2.93. The van der Waals surface area contributed by atoms with E-state index in [0.717, 1.165) is 10.5 Å². The summed E-state index contributed by atoms with van der Waals surface area (Å²) in [7, 11) is 0. The van der Waals surface area contributed by atoms with E-state index in [1.54, 1.807) is 24.3 Å². The van der Waals surface area contributed by atoms with Crippen LogP contribution >= 0.6 is 0 Å². The minimum absolute atomic E-state index is 0.0854. The maximum absolute atomic E-state index is 12.4. The molecule has 7 nitrogen and oxygen atoms in total. The lowest BCUT2D eigenvalue weighted by Crippen LogP contribution is -3.14. The van der Waals surface area contributed by atoms with Gasteiger partial charge in [-0.15, -0.1) is 0 Å². The van der Waals surface area contributed by atoms with Gasteiger partial charge in [0.05, 0.1) is 12.6 Å². The third-order valence-corrected chi connectivity index (χ3v) is 4.49. The average Bonchev–Trinajstić information content (AvgIpc) is 2.69. The highest BCUT2D eigenvalue weighted by atomic mass is 16.2. The first-order valence-corrected chi connectivity index (χ1v) is 9.72. The van der Waals surface area contributed by atoms with Crippen LogP contribution in [-0.2, 0) is 14.4 Å². The first-order valence-electron chi connectivity index (χ1n) is 9.72. The van der Waals surface area contributed by atoms with E-state index in [0.29, 0.717) is 17.9 Å². The van der Waals surface area contributed by atoms with Crippen molar-refractivity contribution in [1.29, 1.82) is 0 Å². The topological polar surface area (TPSA) is 91.7 Å². The third kappa shape index (κ3) is 7.75. The minimum atomic E-state index is -0.168. The smallest absolute Gasteiger partial charge is 0.279 e. The number of rotatable bonds is 9. The monoisotopic (exact) mass is 397 g/mol. The van der Waals surface area contributed by atoms with Crippen LogP contribution in [-0.4, -0.2) is 37.4 Å². The molecule has 0 spiro atoms. The standard InChI is InChI=1S/C22H28N4O3/c1-4-26(14-21(28)23-16(2)18-8-6-5-7-9-18)15-22(29)25-20-12-10-19(11-13-20)24-17(3)27/h5-13,16H,4,14-15H2,1-3H3,(H,23,28)(H,24,27)(H,25,29)/p+1/t16-/m0/s1. The fraction of sp³-hybridized carbons (Fsp3) is 0.318. The molecular weight excluding hydrogens is 368 g/mol. The van der Waals surface area contributed by atoms with Gasteiger partial charge >= 0.3 is 0 Å². The van der Waals surface area contributed by atoms with Crippen molar-refractivity contribution in [3.05, 3.63) is 60.2 Å². The number of carbonyl (C=O) groups excluding carboxylic acids is 3. The second-order valence-corrected chi connectivity index (χ2v) is 6.96. The molecule has 7 heteroatoms. The van der Waals surface area contributed by atoms with Crippen LogP contribution in [0.5, 0.6) is 0 Å². The highest BCUT2D eigenvalue weighted by molar-refractivity contribution is 5.92. The van der Waals surface area contributed by atoms with E-state index in [-0.39, 0.29) is 36.9 Å². The van der Waals surface area contributed by atoms with Gasteiger partial charge in [0.2, 0.25) is 5.91 Å². The van der Waals surface area contributed by atoms with Crippen molar-refractivity contribution in [2.75, 3.05) is 30.3 Å². The number of nitrogens with one attached hydrogen (secondary N) is 4. The second kappa shape index (κ2) is 11.0. The lowest BCUT2D eigenvalue weighted by molar-refractivity contribution is -0.881. The fourth-order valence-corrected chi connectivity index (χ4v) is 2.93. The molecule has 0 fully saturated rings. The first-order chi connectivity index (χ1) is 13.9. The Morgan fingerprint density at radius 3 is 1.97 bits per heavy atom. The van der Waals surface area contributed by atoms with Crippen molar-refractivity contribution in [1.82, 2.24) is 5.32 Å². The Morgan fingerprint density at radius 1 is 0.862 bits per heavy atom. The van der Waals surface area contributed by atoms with Crippen molar-refractivity contribution >= 4 is 29.1 Å². The van der Waals surface area contributed by atoms with E-state index < -0.39 is 0 Å². The molecule has 2 rings (SSSR count). The zero-order chi connectivity index (χ0) is 21.2. The number of quaternary nitrogens is 1. The Balaban J connectivity index is 1.82. The predicted molar refractivity (Wildman–Crippen MR) is 114 cm³/mol. The number of hydrogen-bond donors (Lipinski definition) is 4. The Kier molecular flexibility index (Phi) is 8.36. The van der Waals surface area contributed by atoms with E-state index in [9.17, 15) is 14.4 Å². The van der Waals surface area contributed by atoms with Gasteiger partial charge in [0.1, 0.15) is 0 Å². The number of carbonyl (C=O) groups is 3. The SMILES string of the molecule is CC[NH+](CC(=O)Nc1ccc(NC(C)=O)cc1)CC(=O)N[C@@H](C)c1ccccc1. The number of amides is 3. The zero-order valence-corrected chi connectivity index (χ0v) is 17.1. The van der Waals surface area contributed by atoms with Crippen molar-refractivity contribution in [3.8, 4) is 0 Å². The number of likely N-dealkylation sites (N-methyl/N-ethyl adjacent to an activating group) is 1. The summed E-state index contributed by atoms with van der Waals surface area (Å²) in [5, 5.41) is 8.48. The summed E-state index contributed by atoms with van der Waals surface area (Å²) >= 11 is 0. The normalized spacial score (nSPS) is 12.5. The molecule has 0 saturated heterocycles. The van der Waals surface area contributed by atoms with Gasteiger partial charge in [-0.25, -0.2) is 0 Å². The number of hydrogen-bond acceptors (Lipinski definition) is 3. The summed E-state index contributed by atoms with van der Waals surface area (Å²) in [5.74, 6) is -0.410. The molecular formula is C22H29N4O3+. The van der Waals surface area contributed by atoms with Crippen molar-refractivity contribution in [2.24, 2.45) is 0 Å². The molecule has 0 saturated carbocycles.